The summed E-state index contributed by atoms with van der Waals surface area (Å²) in [6, 6.07) is -3.26. The van der Waals surface area contributed by atoms with Gasteiger partial charge < -0.3 is 37.6 Å². The van der Waals surface area contributed by atoms with Gasteiger partial charge in [-0.15, -0.1) is 0 Å². The average molecular weight is 403 g/mol. The Morgan fingerprint density at radius 3 is 2.18 bits per heavy atom. The summed E-state index contributed by atoms with van der Waals surface area (Å²) in [4.78, 5) is 47.2. The quantitative estimate of drug-likeness (QED) is 0.156. The largest absolute Gasteiger partial charge is 0.480 e. The number of rotatable bonds is 14. The van der Waals surface area contributed by atoms with Crippen LogP contribution in [-0.2, 0) is 19.2 Å². The van der Waals surface area contributed by atoms with Gasteiger partial charge in [0.2, 0.25) is 17.7 Å². The Bertz CT molecular complexity index is 530. The van der Waals surface area contributed by atoms with E-state index in [-0.39, 0.29) is 12.3 Å². The Hall–Kier alpha value is -2.24. The molecule has 4 unspecified atom stereocenters. The molecular weight excluding hydrogens is 370 g/mol. The van der Waals surface area contributed by atoms with Gasteiger partial charge in [0.1, 0.15) is 12.1 Å². The number of aliphatic hydroxyl groups is 1. The summed E-state index contributed by atoms with van der Waals surface area (Å²) in [5.41, 5.74) is 11.1. The highest BCUT2D eigenvalue weighted by atomic mass is 16.4. The van der Waals surface area contributed by atoms with Crippen LogP contribution >= 0.6 is 0 Å². The SMILES string of the molecule is CCC(C)C(N)C(=O)NCC(=O)NC(CO)C(=O)NC(CCCCN)C(=O)O. The smallest absolute Gasteiger partial charge is 0.326 e. The van der Waals surface area contributed by atoms with Crippen molar-refractivity contribution in [2.24, 2.45) is 17.4 Å². The van der Waals surface area contributed by atoms with E-state index < -0.39 is 55.0 Å². The summed E-state index contributed by atoms with van der Waals surface area (Å²) < 4.78 is 0. The van der Waals surface area contributed by atoms with Crippen LogP contribution in [0.5, 0.6) is 0 Å². The molecule has 3 amide bonds. The van der Waals surface area contributed by atoms with E-state index in [1.807, 2.05) is 13.8 Å². The number of amides is 3. The van der Waals surface area contributed by atoms with Crippen molar-refractivity contribution >= 4 is 23.7 Å². The highest BCUT2D eigenvalue weighted by Gasteiger charge is 2.26. The summed E-state index contributed by atoms with van der Waals surface area (Å²) in [6.07, 6.45) is 1.99. The van der Waals surface area contributed by atoms with Gasteiger partial charge in [-0.25, -0.2) is 4.79 Å². The standard InChI is InChI=1S/C17H33N5O6/c1-3-10(2)14(19)16(26)20-8-13(24)21-12(9-23)15(25)22-11(17(27)28)6-4-5-7-18/h10-12,14,23H,3-9,18-19H2,1-2H3,(H,20,26)(H,21,24)(H,22,25)(H,27,28). The van der Waals surface area contributed by atoms with E-state index in [2.05, 4.69) is 16.0 Å². The number of aliphatic hydroxyl groups excluding tert-OH is 1. The van der Waals surface area contributed by atoms with Gasteiger partial charge in [0.05, 0.1) is 19.2 Å². The Balaban J connectivity index is 4.60. The Morgan fingerprint density at radius 1 is 1.04 bits per heavy atom. The molecule has 0 spiro atoms. The molecule has 0 aliphatic carbocycles. The Kier molecular flexibility index (Phi) is 12.7. The van der Waals surface area contributed by atoms with Gasteiger partial charge in [0.25, 0.3) is 0 Å². The fourth-order valence-corrected chi connectivity index (χ4v) is 2.26. The monoisotopic (exact) mass is 403 g/mol. The van der Waals surface area contributed by atoms with Gasteiger partial charge in [0.15, 0.2) is 0 Å². The molecule has 0 heterocycles. The topological polar surface area (TPSA) is 197 Å². The zero-order chi connectivity index (χ0) is 21.7. The number of aliphatic carboxylic acids is 1. The van der Waals surface area contributed by atoms with Crippen LogP contribution in [0.2, 0.25) is 0 Å². The summed E-state index contributed by atoms with van der Waals surface area (Å²) in [6.45, 7) is 2.94. The Labute approximate surface area is 164 Å². The molecule has 28 heavy (non-hydrogen) atoms. The number of hydrogen-bond donors (Lipinski definition) is 7. The van der Waals surface area contributed by atoms with Crippen LogP contribution in [0.1, 0.15) is 39.5 Å². The predicted molar refractivity (Wildman–Crippen MR) is 102 cm³/mol. The average Bonchev–Trinajstić information content (AvgIpc) is 2.67. The van der Waals surface area contributed by atoms with Crippen molar-refractivity contribution in [3.05, 3.63) is 0 Å². The fraction of sp³-hybridized carbons (Fsp3) is 0.765. The summed E-state index contributed by atoms with van der Waals surface area (Å²) >= 11 is 0. The van der Waals surface area contributed by atoms with E-state index in [1.54, 1.807) is 0 Å². The summed E-state index contributed by atoms with van der Waals surface area (Å²) in [5, 5.41) is 25.4. The zero-order valence-electron chi connectivity index (χ0n) is 16.4. The number of nitrogens with one attached hydrogen (secondary N) is 3. The fourth-order valence-electron chi connectivity index (χ4n) is 2.26. The van der Waals surface area contributed by atoms with E-state index >= 15 is 0 Å². The lowest BCUT2D eigenvalue weighted by molar-refractivity contribution is -0.142. The molecule has 0 bridgehead atoms. The van der Waals surface area contributed by atoms with Gasteiger partial charge in [-0.2, -0.15) is 0 Å². The lowest BCUT2D eigenvalue weighted by Gasteiger charge is -2.21. The number of carbonyl (C=O) groups excluding carboxylic acids is 3. The predicted octanol–water partition coefficient (Wildman–Crippen LogP) is -2.35. The van der Waals surface area contributed by atoms with Crippen molar-refractivity contribution in [3.8, 4) is 0 Å². The first-order chi connectivity index (χ1) is 13.2. The number of nitrogens with two attached hydrogens (primary N) is 2. The molecule has 0 saturated carbocycles. The minimum Gasteiger partial charge on any atom is -0.480 e. The molecule has 0 saturated heterocycles. The van der Waals surface area contributed by atoms with Gasteiger partial charge in [-0.3, -0.25) is 14.4 Å². The van der Waals surface area contributed by atoms with Crippen molar-refractivity contribution in [3.63, 3.8) is 0 Å². The maximum atomic E-state index is 12.2. The first kappa shape index (κ1) is 25.8. The molecule has 11 heteroatoms. The van der Waals surface area contributed by atoms with Gasteiger partial charge >= 0.3 is 5.97 Å². The molecule has 0 aromatic carbocycles. The molecule has 0 radical (unpaired) electrons. The van der Waals surface area contributed by atoms with Crippen molar-refractivity contribution in [1.29, 1.82) is 0 Å². The van der Waals surface area contributed by atoms with E-state index in [0.717, 1.165) is 0 Å². The van der Waals surface area contributed by atoms with Crippen LogP contribution in [-0.4, -0.2) is 71.7 Å². The molecule has 0 aliphatic heterocycles. The van der Waals surface area contributed by atoms with Crippen molar-refractivity contribution in [1.82, 2.24) is 16.0 Å². The molecule has 0 fully saturated rings. The highest BCUT2D eigenvalue weighted by molar-refractivity contribution is 5.92. The third kappa shape index (κ3) is 9.62. The molecule has 0 rings (SSSR count). The summed E-state index contributed by atoms with van der Waals surface area (Å²) in [5.74, 6) is -3.33. The molecule has 162 valence electrons. The van der Waals surface area contributed by atoms with Crippen molar-refractivity contribution in [2.45, 2.75) is 57.7 Å². The molecule has 0 aromatic heterocycles. The normalized spacial score (nSPS) is 15.0. The van der Waals surface area contributed by atoms with E-state index in [1.165, 1.54) is 0 Å². The van der Waals surface area contributed by atoms with Crippen LogP contribution in [0.25, 0.3) is 0 Å². The third-order valence-electron chi connectivity index (χ3n) is 4.38. The van der Waals surface area contributed by atoms with Crippen LogP contribution in [0.15, 0.2) is 0 Å². The number of carboxylic acid groups (broad SMARTS) is 1. The van der Waals surface area contributed by atoms with Gasteiger partial charge in [-0.05, 0) is 31.7 Å². The number of unbranched alkanes of at least 4 members (excludes halogenated alkanes) is 1. The highest BCUT2D eigenvalue weighted by Crippen LogP contribution is 2.05. The third-order valence-corrected chi connectivity index (χ3v) is 4.38. The Morgan fingerprint density at radius 2 is 1.68 bits per heavy atom. The minimum absolute atomic E-state index is 0.0637. The second-order valence-electron chi connectivity index (χ2n) is 6.62. The van der Waals surface area contributed by atoms with Crippen LogP contribution in [0.4, 0.5) is 0 Å². The number of hydrogen-bond acceptors (Lipinski definition) is 7. The van der Waals surface area contributed by atoms with E-state index in [4.69, 9.17) is 16.6 Å². The van der Waals surface area contributed by atoms with Crippen molar-refractivity contribution < 1.29 is 29.4 Å². The molecular formula is C17H33N5O6. The number of carboxylic acids is 1. The first-order valence-corrected chi connectivity index (χ1v) is 9.34. The maximum absolute atomic E-state index is 12.2. The van der Waals surface area contributed by atoms with Crippen molar-refractivity contribution in [2.75, 3.05) is 19.7 Å². The number of carbonyl (C=O) groups is 4. The molecule has 11 nitrogen and oxygen atoms in total. The first-order valence-electron chi connectivity index (χ1n) is 9.34. The van der Waals surface area contributed by atoms with Crippen LogP contribution in [0.3, 0.4) is 0 Å². The lowest BCUT2D eigenvalue weighted by Crippen LogP contribution is -2.55. The molecule has 0 aromatic rings. The van der Waals surface area contributed by atoms with Gasteiger partial charge in [-0.1, -0.05) is 20.3 Å². The molecule has 0 aliphatic rings. The summed E-state index contributed by atoms with van der Waals surface area (Å²) in [7, 11) is 0. The minimum atomic E-state index is -1.34. The van der Waals surface area contributed by atoms with Gasteiger partial charge in [0, 0.05) is 0 Å². The second-order valence-corrected chi connectivity index (χ2v) is 6.62. The maximum Gasteiger partial charge on any atom is 0.326 e. The second kappa shape index (κ2) is 13.9. The van der Waals surface area contributed by atoms with E-state index in [0.29, 0.717) is 25.8 Å². The van der Waals surface area contributed by atoms with E-state index in [9.17, 15) is 24.3 Å². The molecule has 9 N–H and O–H groups in total. The van der Waals surface area contributed by atoms with Crippen LogP contribution < -0.4 is 27.4 Å². The lowest BCUT2D eigenvalue weighted by atomic mass is 9.99. The van der Waals surface area contributed by atoms with Crippen LogP contribution in [0, 0.1) is 5.92 Å². The molecule has 4 atom stereocenters. The zero-order valence-corrected chi connectivity index (χ0v) is 16.4.